The minimum absolute atomic E-state index is 0.144. The van der Waals surface area contributed by atoms with Crippen LogP contribution in [0.4, 0.5) is 13.2 Å². The van der Waals surface area contributed by atoms with Crippen LogP contribution in [0.15, 0.2) is 23.5 Å². The summed E-state index contributed by atoms with van der Waals surface area (Å²) in [5.41, 5.74) is 2.62. The lowest BCUT2D eigenvalue weighted by molar-refractivity contribution is -0.141. The summed E-state index contributed by atoms with van der Waals surface area (Å²) in [6, 6.07) is 2.91. The second-order valence-electron chi connectivity index (χ2n) is 5.07. The Balaban J connectivity index is 0.00000151. The maximum Gasteiger partial charge on any atom is 0.433 e. The molecule has 3 nitrogen and oxygen atoms in total. The summed E-state index contributed by atoms with van der Waals surface area (Å²) in [6.45, 7) is 9.61. The van der Waals surface area contributed by atoms with E-state index in [2.05, 4.69) is 15.0 Å². The Hall–Kier alpha value is -1.63. The van der Waals surface area contributed by atoms with Gasteiger partial charge in [-0.2, -0.15) is 13.2 Å². The van der Waals surface area contributed by atoms with E-state index >= 15 is 0 Å². The molecule has 2 heterocycles. The number of hydrogen-bond donors (Lipinski definition) is 0. The van der Waals surface area contributed by atoms with Gasteiger partial charge < -0.3 is 0 Å². The van der Waals surface area contributed by atoms with Crippen molar-refractivity contribution in [3.63, 3.8) is 0 Å². The van der Waals surface area contributed by atoms with Gasteiger partial charge in [-0.15, -0.1) is 0 Å². The Kier molecular flexibility index (Phi) is 8.35. The molecule has 0 bridgehead atoms. The van der Waals surface area contributed by atoms with Crippen LogP contribution in [0.3, 0.4) is 0 Å². The molecule has 0 aromatic carbocycles. The van der Waals surface area contributed by atoms with Crippen molar-refractivity contribution in [3.05, 3.63) is 46.5 Å². The Morgan fingerprint density at radius 3 is 2.32 bits per heavy atom. The summed E-state index contributed by atoms with van der Waals surface area (Å²) in [5, 5.41) is 0.144. The van der Waals surface area contributed by atoms with Gasteiger partial charge in [0.1, 0.15) is 5.69 Å². The van der Waals surface area contributed by atoms with E-state index in [0.717, 1.165) is 35.7 Å². The number of thioether (sulfide) groups is 1. The topological polar surface area (TPSA) is 38.7 Å². The van der Waals surface area contributed by atoms with Crippen molar-refractivity contribution in [2.24, 2.45) is 0 Å². The molecule has 2 rings (SSSR count). The van der Waals surface area contributed by atoms with Crippen molar-refractivity contribution in [1.29, 1.82) is 0 Å². The van der Waals surface area contributed by atoms with E-state index in [1.807, 2.05) is 33.8 Å². The average Bonchev–Trinajstić information content (AvgIpc) is 2.60. The number of nitrogens with zero attached hydrogens (tertiary/aromatic N) is 3. The van der Waals surface area contributed by atoms with Crippen molar-refractivity contribution >= 4 is 11.8 Å². The SMILES string of the molecule is CC.CCc1ccnc(CC)c1CSc1nc(C)cc(C(F)(F)F)n1. The molecule has 0 aliphatic heterocycles. The first-order chi connectivity index (χ1) is 11.8. The smallest absolute Gasteiger partial charge is 0.261 e. The summed E-state index contributed by atoms with van der Waals surface area (Å²) >= 11 is 1.21. The van der Waals surface area contributed by atoms with Crippen molar-refractivity contribution < 1.29 is 13.2 Å². The maximum atomic E-state index is 12.8. The van der Waals surface area contributed by atoms with Gasteiger partial charge in [-0.3, -0.25) is 4.98 Å². The van der Waals surface area contributed by atoms with Crippen LogP contribution in [0, 0.1) is 6.92 Å². The monoisotopic (exact) mass is 371 g/mol. The zero-order valence-corrected chi connectivity index (χ0v) is 16.1. The number of aromatic nitrogens is 3. The fourth-order valence-electron chi connectivity index (χ4n) is 2.28. The summed E-state index contributed by atoms with van der Waals surface area (Å²) in [6.07, 6.45) is -1.04. The highest BCUT2D eigenvalue weighted by Gasteiger charge is 2.33. The molecule has 0 saturated heterocycles. The summed E-state index contributed by atoms with van der Waals surface area (Å²) in [7, 11) is 0. The molecule has 0 unspecified atom stereocenters. The summed E-state index contributed by atoms with van der Waals surface area (Å²) < 4.78 is 38.5. The van der Waals surface area contributed by atoms with Crippen LogP contribution < -0.4 is 0 Å². The molecule has 0 amide bonds. The van der Waals surface area contributed by atoms with Crippen LogP contribution in [0.2, 0.25) is 0 Å². The van der Waals surface area contributed by atoms with Gasteiger partial charge in [0.25, 0.3) is 0 Å². The molecule has 0 N–H and O–H groups in total. The van der Waals surface area contributed by atoms with Crippen molar-refractivity contribution in [2.45, 2.75) is 64.5 Å². The van der Waals surface area contributed by atoms with E-state index < -0.39 is 11.9 Å². The quantitative estimate of drug-likeness (QED) is 0.503. The lowest BCUT2D eigenvalue weighted by Gasteiger charge is -2.12. The van der Waals surface area contributed by atoms with E-state index in [1.165, 1.54) is 11.8 Å². The van der Waals surface area contributed by atoms with Crippen LogP contribution >= 0.6 is 11.8 Å². The molecule has 7 heteroatoms. The van der Waals surface area contributed by atoms with E-state index in [4.69, 9.17) is 0 Å². The highest BCUT2D eigenvalue weighted by molar-refractivity contribution is 7.98. The van der Waals surface area contributed by atoms with Crippen LogP contribution in [0.25, 0.3) is 0 Å². The predicted octanol–water partition coefficient (Wildman–Crippen LogP) is 5.64. The van der Waals surface area contributed by atoms with Gasteiger partial charge in [-0.05, 0) is 43.0 Å². The zero-order valence-electron chi connectivity index (χ0n) is 15.2. The summed E-state index contributed by atoms with van der Waals surface area (Å²) in [4.78, 5) is 12.1. The van der Waals surface area contributed by atoms with E-state index in [0.29, 0.717) is 11.4 Å². The number of hydrogen-bond acceptors (Lipinski definition) is 4. The molecule has 0 atom stereocenters. The van der Waals surface area contributed by atoms with Gasteiger partial charge in [-0.1, -0.05) is 39.5 Å². The van der Waals surface area contributed by atoms with Crippen molar-refractivity contribution in [2.75, 3.05) is 0 Å². The average molecular weight is 371 g/mol. The third-order valence-corrected chi connectivity index (χ3v) is 4.30. The predicted molar refractivity (Wildman–Crippen MR) is 95.7 cm³/mol. The van der Waals surface area contributed by atoms with Gasteiger partial charge in [0.2, 0.25) is 0 Å². The Bertz CT molecular complexity index is 666. The van der Waals surface area contributed by atoms with Crippen LogP contribution in [0.1, 0.15) is 55.9 Å². The lowest BCUT2D eigenvalue weighted by atomic mass is 10.0. The number of halogens is 3. The van der Waals surface area contributed by atoms with Gasteiger partial charge in [-0.25, -0.2) is 9.97 Å². The molecule has 2 aromatic heterocycles. The molecular formula is C18H24F3N3S. The molecule has 138 valence electrons. The third kappa shape index (κ3) is 5.99. The van der Waals surface area contributed by atoms with Crippen LogP contribution in [-0.4, -0.2) is 15.0 Å². The molecule has 0 radical (unpaired) electrons. The minimum atomic E-state index is -4.46. The van der Waals surface area contributed by atoms with Crippen LogP contribution in [-0.2, 0) is 24.8 Å². The van der Waals surface area contributed by atoms with Crippen molar-refractivity contribution in [3.8, 4) is 0 Å². The first kappa shape index (κ1) is 21.4. The number of rotatable bonds is 5. The van der Waals surface area contributed by atoms with Gasteiger partial charge in [0.15, 0.2) is 5.16 Å². The third-order valence-electron chi connectivity index (χ3n) is 3.43. The maximum absolute atomic E-state index is 12.8. The Morgan fingerprint density at radius 1 is 1.08 bits per heavy atom. The fourth-order valence-corrected chi connectivity index (χ4v) is 3.28. The van der Waals surface area contributed by atoms with E-state index in [9.17, 15) is 13.2 Å². The number of aryl methyl sites for hydroxylation is 3. The Morgan fingerprint density at radius 2 is 1.76 bits per heavy atom. The standard InChI is InChI=1S/C16H18F3N3S.C2H6/c1-4-11-6-7-20-13(5-2)12(11)9-23-15-21-10(3)8-14(22-15)16(17,18)19;1-2/h6-8H,4-5,9H2,1-3H3;1-2H3. The first-order valence-electron chi connectivity index (χ1n) is 8.36. The molecule has 25 heavy (non-hydrogen) atoms. The second-order valence-corrected chi connectivity index (χ2v) is 6.01. The van der Waals surface area contributed by atoms with Gasteiger partial charge in [0.05, 0.1) is 0 Å². The highest BCUT2D eigenvalue weighted by Crippen LogP contribution is 2.30. The Labute approximate surface area is 151 Å². The second kappa shape index (κ2) is 9.75. The zero-order chi connectivity index (χ0) is 19.0. The molecule has 0 fully saturated rings. The summed E-state index contributed by atoms with van der Waals surface area (Å²) in [5.74, 6) is 0.515. The van der Waals surface area contributed by atoms with Gasteiger partial charge in [0, 0.05) is 23.3 Å². The highest BCUT2D eigenvalue weighted by atomic mass is 32.2. The van der Waals surface area contributed by atoms with Crippen molar-refractivity contribution in [1.82, 2.24) is 15.0 Å². The largest absolute Gasteiger partial charge is 0.433 e. The normalized spacial score (nSPS) is 11.0. The number of pyridine rings is 1. The minimum Gasteiger partial charge on any atom is -0.261 e. The molecule has 0 spiro atoms. The van der Waals surface area contributed by atoms with E-state index in [-0.39, 0.29) is 5.16 Å². The molecule has 0 aliphatic rings. The lowest BCUT2D eigenvalue weighted by Crippen LogP contribution is -2.10. The molecule has 0 aliphatic carbocycles. The molecular weight excluding hydrogens is 347 g/mol. The number of alkyl halides is 3. The van der Waals surface area contributed by atoms with Crippen LogP contribution in [0.5, 0.6) is 0 Å². The van der Waals surface area contributed by atoms with E-state index in [1.54, 1.807) is 13.1 Å². The molecule has 0 saturated carbocycles. The molecule has 2 aromatic rings. The van der Waals surface area contributed by atoms with Gasteiger partial charge >= 0.3 is 6.18 Å². The fraction of sp³-hybridized carbons (Fsp3) is 0.500. The first-order valence-corrected chi connectivity index (χ1v) is 9.35.